The van der Waals surface area contributed by atoms with E-state index in [1.165, 1.54) is 14.2 Å². The number of aromatic nitrogens is 2. The normalized spacial score (nSPS) is 10.7. The number of hydrogen-bond acceptors (Lipinski definition) is 7. The summed E-state index contributed by atoms with van der Waals surface area (Å²) in [6, 6.07) is 18.9. The van der Waals surface area contributed by atoms with E-state index in [4.69, 9.17) is 18.7 Å². The second kappa shape index (κ2) is 9.56. The van der Waals surface area contributed by atoms with E-state index in [9.17, 15) is 4.79 Å². The van der Waals surface area contributed by atoms with Gasteiger partial charge in [-0.05, 0) is 61.4 Å². The van der Waals surface area contributed by atoms with Crippen LogP contribution < -0.4 is 9.47 Å². The van der Waals surface area contributed by atoms with E-state index in [0.717, 1.165) is 28.0 Å². The van der Waals surface area contributed by atoms with Gasteiger partial charge in [-0.15, -0.1) is 0 Å². The van der Waals surface area contributed by atoms with Crippen LogP contribution in [0.5, 0.6) is 11.5 Å². The molecule has 0 aliphatic rings. The topological polar surface area (TPSA) is 83.7 Å². The molecular weight excluding hydrogens is 420 g/mol. The van der Waals surface area contributed by atoms with Crippen LogP contribution in [0.2, 0.25) is 0 Å². The molecule has 0 spiro atoms. The lowest BCUT2D eigenvalue weighted by atomic mass is 9.98. The molecule has 0 atom stereocenters. The van der Waals surface area contributed by atoms with E-state index in [-0.39, 0.29) is 0 Å². The van der Waals surface area contributed by atoms with Crippen molar-refractivity contribution >= 4 is 5.97 Å². The SMILES string of the molecule is CCOc1cc(-c2nc(-c3cc(C(=O)OC)ccc3OC)no2)ccc1-c1ccccc1C. The minimum absolute atomic E-state index is 0.300. The van der Waals surface area contributed by atoms with Gasteiger partial charge in [-0.25, -0.2) is 4.79 Å². The summed E-state index contributed by atoms with van der Waals surface area (Å²) in [6.45, 7) is 4.54. The van der Waals surface area contributed by atoms with Crippen LogP contribution in [0.15, 0.2) is 65.2 Å². The summed E-state index contributed by atoms with van der Waals surface area (Å²) in [5.74, 6) is 1.41. The minimum atomic E-state index is -0.462. The van der Waals surface area contributed by atoms with E-state index >= 15 is 0 Å². The zero-order chi connectivity index (χ0) is 23.4. The highest BCUT2D eigenvalue weighted by atomic mass is 16.5. The second-order valence-electron chi connectivity index (χ2n) is 7.29. The molecule has 7 nitrogen and oxygen atoms in total. The Labute approximate surface area is 191 Å². The van der Waals surface area contributed by atoms with Gasteiger partial charge in [-0.3, -0.25) is 0 Å². The van der Waals surface area contributed by atoms with Crippen LogP contribution >= 0.6 is 0 Å². The van der Waals surface area contributed by atoms with Crippen molar-refractivity contribution in [2.75, 3.05) is 20.8 Å². The summed E-state index contributed by atoms with van der Waals surface area (Å²) in [5, 5.41) is 4.11. The number of carbonyl (C=O) groups is 1. The molecule has 0 amide bonds. The van der Waals surface area contributed by atoms with Gasteiger partial charge >= 0.3 is 5.97 Å². The van der Waals surface area contributed by atoms with Crippen molar-refractivity contribution in [3.63, 3.8) is 0 Å². The fourth-order valence-electron chi connectivity index (χ4n) is 3.61. The minimum Gasteiger partial charge on any atom is -0.496 e. The molecule has 0 saturated heterocycles. The van der Waals surface area contributed by atoms with Gasteiger partial charge in [0.2, 0.25) is 5.82 Å². The highest BCUT2D eigenvalue weighted by molar-refractivity contribution is 5.91. The Morgan fingerprint density at radius 2 is 1.76 bits per heavy atom. The fraction of sp³-hybridized carbons (Fsp3) is 0.192. The number of nitrogens with zero attached hydrogens (tertiary/aromatic N) is 2. The third-order valence-electron chi connectivity index (χ3n) is 5.25. The number of hydrogen-bond donors (Lipinski definition) is 0. The predicted octanol–water partition coefficient (Wildman–Crippen LogP) is 5.57. The van der Waals surface area contributed by atoms with E-state index in [1.54, 1.807) is 18.2 Å². The number of aryl methyl sites for hydroxylation is 1. The van der Waals surface area contributed by atoms with E-state index < -0.39 is 5.97 Å². The molecular formula is C26H24N2O5. The molecule has 33 heavy (non-hydrogen) atoms. The summed E-state index contributed by atoms with van der Waals surface area (Å²) < 4.78 is 21.7. The van der Waals surface area contributed by atoms with Crippen molar-refractivity contribution in [2.45, 2.75) is 13.8 Å². The zero-order valence-corrected chi connectivity index (χ0v) is 18.9. The Morgan fingerprint density at radius 1 is 0.939 bits per heavy atom. The van der Waals surface area contributed by atoms with Gasteiger partial charge in [0.25, 0.3) is 5.89 Å². The summed E-state index contributed by atoms with van der Waals surface area (Å²) in [6.07, 6.45) is 0. The van der Waals surface area contributed by atoms with Crippen LogP contribution in [0, 0.1) is 6.92 Å². The lowest BCUT2D eigenvalue weighted by Gasteiger charge is -2.13. The van der Waals surface area contributed by atoms with Crippen LogP contribution in [0.4, 0.5) is 0 Å². The van der Waals surface area contributed by atoms with E-state index in [0.29, 0.717) is 35.2 Å². The quantitative estimate of drug-likeness (QED) is 0.344. The lowest BCUT2D eigenvalue weighted by Crippen LogP contribution is -2.02. The maximum atomic E-state index is 12.0. The summed E-state index contributed by atoms with van der Waals surface area (Å²) in [5.41, 5.74) is 4.85. The highest BCUT2D eigenvalue weighted by Gasteiger charge is 2.19. The molecule has 3 aromatic carbocycles. The van der Waals surface area contributed by atoms with Gasteiger partial charge in [-0.2, -0.15) is 4.98 Å². The number of benzene rings is 3. The lowest BCUT2D eigenvalue weighted by molar-refractivity contribution is 0.0600. The standard InChI is InChI=1S/C26H24N2O5/c1-5-32-23-15-17(10-12-20(23)19-9-7-6-8-16(19)2)25-27-24(28-33-25)21-14-18(26(29)31-4)11-13-22(21)30-3/h6-15H,5H2,1-4H3. The number of carbonyl (C=O) groups excluding carboxylic acids is 1. The van der Waals surface area contributed by atoms with Crippen LogP contribution in [-0.2, 0) is 4.74 Å². The number of ether oxygens (including phenoxy) is 3. The summed E-state index contributed by atoms with van der Waals surface area (Å²) >= 11 is 0. The molecule has 1 heterocycles. The Hall–Kier alpha value is -4.13. The molecule has 1 aromatic heterocycles. The van der Waals surface area contributed by atoms with Gasteiger partial charge in [0.1, 0.15) is 11.5 Å². The van der Waals surface area contributed by atoms with Crippen molar-refractivity contribution in [3.05, 3.63) is 71.8 Å². The van der Waals surface area contributed by atoms with Crippen LogP contribution in [-0.4, -0.2) is 36.9 Å². The van der Waals surface area contributed by atoms with Crippen molar-refractivity contribution in [1.82, 2.24) is 10.1 Å². The summed E-state index contributed by atoms with van der Waals surface area (Å²) in [7, 11) is 2.87. The van der Waals surface area contributed by atoms with Gasteiger partial charge in [0.15, 0.2) is 0 Å². The molecule has 7 heteroatoms. The first-order chi connectivity index (χ1) is 16.0. The highest BCUT2D eigenvalue weighted by Crippen LogP contribution is 2.36. The van der Waals surface area contributed by atoms with E-state index in [2.05, 4.69) is 29.2 Å². The third kappa shape index (κ3) is 4.43. The van der Waals surface area contributed by atoms with Gasteiger partial charge in [-0.1, -0.05) is 29.4 Å². The average Bonchev–Trinajstić information content (AvgIpc) is 3.34. The van der Waals surface area contributed by atoms with E-state index in [1.807, 2.05) is 37.3 Å². The molecule has 0 bridgehead atoms. The first-order valence-corrected chi connectivity index (χ1v) is 10.5. The number of methoxy groups -OCH3 is 2. The molecule has 4 aromatic rings. The second-order valence-corrected chi connectivity index (χ2v) is 7.29. The number of rotatable bonds is 7. The molecule has 0 fully saturated rings. The zero-order valence-electron chi connectivity index (χ0n) is 18.9. The van der Waals surface area contributed by atoms with Crippen LogP contribution in [0.1, 0.15) is 22.8 Å². The Bertz CT molecular complexity index is 1300. The maximum absolute atomic E-state index is 12.0. The van der Waals surface area contributed by atoms with Crippen LogP contribution in [0.3, 0.4) is 0 Å². The maximum Gasteiger partial charge on any atom is 0.337 e. The van der Waals surface area contributed by atoms with Crippen molar-refractivity contribution in [1.29, 1.82) is 0 Å². The van der Waals surface area contributed by atoms with Crippen molar-refractivity contribution in [2.24, 2.45) is 0 Å². The van der Waals surface area contributed by atoms with Crippen molar-refractivity contribution < 1.29 is 23.5 Å². The molecule has 0 unspecified atom stereocenters. The molecule has 4 rings (SSSR count). The monoisotopic (exact) mass is 444 g/mol. The Balaban J connectivity index is 1.74. The molecule has 0 radical (unpaired) electrons. The van der Waals surface area contributed by atoms with Crippen molar-refractivity contribution in [3.8, 4) is 45.5 Å². The predicted molar refractivity (Wildman–Crippen MR) is 124 cm³/mol. The van der Waals surface area contributed by atoms with Gasteiger partial charge < -0.3 is 18.7 Å². The Kier molecular flexibility index (Phi) is 6.40. The Morgan fingerprint density at radius 3 is 2.48 bits per heavy atom. The molecule has 0 saturated carbocycles. The van der Waals surface area contributed by atoms with Gasteiger partial charge in [0, 0.05) is 11.1 Å². The summed E-state index contributed by atoms with van der Waals surface area (Å²) in [4.78, 5) is 16.5. The molecule has 0 aliphatic heterocycles. The molecule has 0 aliphatic carbocycles. The first kappa shape index (κ1) is 22.1. The third-order valence-corrected chi connectivity index (χ3v) is 5.25. The van der Waals surface area contributed by atoms with Gasteiger partial charge in [0.05, 0.1) is 32.0 Å². The molecule has 168 valence electrons. The average molecular weight is 444 g/mol. The van der Waals surface area contributed by atoms with Crippen LogP contribution in [0.25, 0.3) is 34.0 Å². The number of esters is 1. The smallest absolute Gasteiger partial charge is 0.337 e. The first-order valence-electron chi connectivity index (χ1n) is 10.5. The largest absolute Gasteiger partial charge is 0.496 e. The molecule has 0 N–H and O–H groups in total. The fourth-order valence-corrected chi connectivity index (χ4v) is 3.61.